The van der Waals surface area contributed by atoms with Crippen LogP contribution >= 0.6 is 22.6 Å². The zero-order valence-electron chi connectivity index (χ0n) is 3.10. The summed E-state index contributed by atoms with van der Waals surface area (Å²) in [6, 6.07) is 0. The Hall–Kier alpha value is 0.200. The molecular weight excluding hydrogens is 193 g/mol. The summed E-state index contributed by atoms with van der Waals surface area (Å²) in [5.41, 5.74) is 0. The van der Waals surface area contributed by atoms with Crippen LogP contribution in [0.2, 0.25) is 0 Å². The molecule has 1 aliphatic heterocycles. The van der Waals surface area contributed by atoms with Gasteiger partial charge in [-0.1, -0.05) is 27.7 Å². The van der Waals surface area contributed by atoms with Crippen LogP contribution in [-0.4, -0.2) is 16.7 Å². The summed E-state index contributed by atoms with van der Waals surface area (Å²) in [4.78, 5) is 4.62. The van der Waals surface area contributed by atoms with Gasteiger partial charge in [0, 0.05) is 0 Å². The van der Waals surface area contributed by atoms with Crippen LogP contribution in [0.5, 0.6) is 0 Å². The topological polar surface area (TPSA) is 21.6 Å². The minimum absolute atomic E-state index is 0.502. The highest BCUT2D eigenvalue weighted by molar-refractivity contribution is 14.1. The SMILES string of the molecule is IC1C=NOC1. The van der Waals surface area contributed by atoms with E-state index in [1.165, 1.54) is 0 Å². The van der Waals surface area contributed by atoms with Crippen LogP contribution < -0.4 is 0 Å². The Bertz CT molecular complexity index is 73.2. The average molecular weight is 197 g/mol. The molecule has 0 aromatic rings. The van der Waals surface area contributed by atoms with Gasteiger partial charge < -0.3 is 4.84 Å². The first-order chi connectivity index (χ1) is 2.89. The molecule has 0 amide bonds. The summed E-state index contributed by atoms with van der Waals surface area (Å²) in [5, 5.41) is 3.53. The molecular formula is C3H4INO. The van der Waals surface area contributed by atoms with Gasteiger partial charge in [0.15, 0.2) is 0 Å². The minimum Gasteiger partial charge on any atom is -0.395 e. The molecule has 1 heterocycles. The van der Waals surface area contributed by atoms with E-state index in [1.807, 2.05) is 0 Å². The highest BCUT2D eigenvalue weighted by Gasteiger charge is 2.04. The maximum absolute atomic E-state index is 4.62. The summed E-state index contributed by atoms with van der Waals surface area (Å²) >= 11 is 2.26. The fourth-order valence-electron chi connectivity index (χ4n) is 0.266. The van der Waals surface area contributed by atoms with Crippen molar-refractivity contribution in [3.8, 4) is 0 Å². The van der Waals surface area contributed by atoms with Crippen LogP contribution in [0.15, 0.2) is 5.16 Å². The summed E-state index contributed by atoms with van der Waals surface area (Å²) in [7, 11) is 0. The van der Waals surface area contributed by atoms with Crippen LogP contribution in [0.1, 0.15) is 0 Å². The summed E-state index contributed by atoms with van der Waals surface area (Å²) in [6.45, 7) is 0.751. The molecule has 1 rings (SSSR count). The van der Waals surface area contributed by atoms with Gasteiger partial charge in [0.05, 0.1) is 10.1 Å². The maximum Gasteiger partial charge on any atom is 0.134 e. The largest absolute Gasteiger partial charge is 0.395 e. The van der Waals surface area contributed by atoms with Crippen molar-refractivity contribution < 1.29 is 4.84 Å². The molecule has 0 spiro atoms. The van der Waals surface area contributed by atoms with Crippen LogP contribution in [0.4, 0.5) is 0 Å². The number of rotatable bonds is 0. The summed E-state index contributed by atoms with van der Waals surface area (Å²) < 4.78 is 0.502. The molecule has 1 unspecified atom stereocenters. The lowest BCUT2D eigenvalue weighted by Crippen LogP contribution is -1.96. The quantitative estimate of drug-likeness (QED) is 0.415. The first-order valence-electron chi connectivity index (χ1n) is 1.69. The van der Waals surface area contributed by atoms with E-state index >= 15 is 0 Å². The molecule has 0 saturated carbocycles. The summed E-state index contributed by atoms with van der Waals surface area (Å²) in [6.07, 6.45) is 1.79. The molecule has 0 radical (unpaired) electrons. The predicted molar refractivity (Wildman–Crippen MR) is 32.3 cm³/mol. The Balaban J connectivity index is 2.38. The standard InChI is InChI=1S/C3H4INO/c4-3-1-5-6-2-3/h1,3H,2H2. The van der Waals surface area contributed by atoms with E-state index in [-0.39, 0.29) is 0 Å². The van der Waals surface area contributed by atoms with E-state index in [0.717, 1.165) is 6.61 Å². The first kappa shape index (κ1) is 4.36. The molecule has 0 aromatic heterocycles. The molecule has 0 fully saturated rings. The predicted octanol–water partition coefficient (Wildman–Crippen LogP) is 0.806. The molecule has 1 aliphatic rings. The van der Waals surface area contributed by atoms with Gasteiger partial charge >= 0.3 is 0 Å². The lowest BCUT2D eigenvalue weighted by molar-refractivity contribution is 0.177. The monoisotopic (exact) mass is 197 g/mol. The number of oxime groups is 1. The van der Waals surface area contributed by atoms with Crippen molar-refractivity contribution in [2.24, 2.45) is 5.16 Å². The van der Waals surface area contributed by atoms with Gasteiger partial charge in [-0.2, -0.15) is 0 Å². The highest BCUT2D eigenvalue weighted by Crippen LogP contribution is 2.02. The van der Waals surface area contributed by atoms with E-state index in [2.05, 4.69) is 32.6 Å². The van der Waals surface area contributed by atoms with Gasteiger partial charge in [0.2, 0.25) is 0 Å². The van der Waals surface area contributed by atoms with Crippen LogP contribution in [0.25, 0.3) is 0 Å². The van der Waals surface area contributed by atoms with E-state index in [9.17, 15) is 0 Å². The smallest absolute Gasteiger partial charge is 0.134 e. The van der Waals surface area contributed by atoms with Crippen molar-refractivity contribution in [1.82, 2.24) is 0 Å². The second-order valence-corrected chi connectivity index (χ2v) is 2.67. The van der Waals surface area contributed by atoms with Crippen LogP contribution in [0.3, 0.4) is 0 Å². The zero-order chi connectivity index (χ0) is 4.41. The second kappa shape index (κ2) is 1.77. The number of hydrogen-bond donors (Lipinski definition) is 0. The van der Waals surface area contributed by atoms with Gasteiger partial charge in [-0.05, 0) is 0 Å². The number of alkyl halides is 1. The van der Waals surface area contributed by atoms with E-state index in [4.69, 9.17) is 0 Å². The second-order valence-electron chi connectivity index (χ2n) is 1.07. The molecule has 0 N–H and O–H groups in total. The normalized spacial score (nSPS) is 30.5. The molecule has 3 heteroatoms. The highest BCUT2D eigenvalue weighted by atomic mass is 127. The molecule has 0 bridgehead atoms. The first-order valence-corrected chi connectivity index (χ1v) is 2.93. The van der Waals surface area contributed by atoms with Crippen molar-refractivity contribution in [2.45, 2.75) is 3.92 Å². The molecule has 0 aromatic carbocycles. The molecule has 1 atom stereocenters. The zero-order valence-corrected chi connectivity index (χ0v) is 5.25. The van der Waals surface area contributed by atoms with Crippen molar-refractivity contribution in [1.29, 1.82) is 0 Å². The van der Waals surface area contributed by atoms with E-state index in [1.54, 1.807) is 6.21 Å². The van der Waals surface area contributed by atoms with Crippen LogP contribution in [0, 0.1) is 0 Å². The molecule has 0 aliphatic carbocycles. The van der Waals surface area contributed by atoms with Gasteiger partial charge in [0.1, 0.15) is 6.61 Å². The average Bonchev–Trinajstić information content (AvgIpc) is 1.86. The van der Waals surface area contributed by atoms with Crippen molar-refractivity contribution in [3.05, 3.63) is 0 Å². The fourth-order valence-corrected chi connectivity index (χ4v) is 0.558. The summed E-state index contributed by atoms with van der Waals surface area (Å²) in [5.74, 6) is 0. The Morgan fingerprint density at radius 2 is 2.83 bits per heavy atom. The van der Waals surface area contributed by atoms with Gasteiger partial charge in [-0.25, -0.2) is 0 Å². The van der Waals surface area contributed by atoms with Crippen LogP contribution in [-0.2, 0) is 4.84 Å². The van der Waals surface area contributed by atoms with E-state index in [0.29, 0.717) is 3.92 Å². The maximum atomic E-state index is 4.62. The fraction of sp³-hybridized carbons (Fsp3) is 0.667. The Kier molecular flexibility index (Phi) is 1.29. The molecule has 2 nitrogen and oxygen atoms in total. The van der Waals surface area contributed by atoms with Gasteiger partial charge in [-0.3, -0.25) is 0 Å². The number of hydrogen-bond acceptors (Lipinski definition) is 2. The molecule has 34 valence electrons. The number of nitrogens with zero attached hydrogens (tertiary/aromatic N) is 1. The Morgan fingerprint density at radius 1 is 2.00 bits per heavy atom. The number of halogens is 1. The Morgan fingerprint density at radius 3 is 3.00 bits per heavy atom. The third kappa shape index (κ3) is 0.830. The Labute approximate surface area is 49.7 Å². The molecule has 0 saturated heterocycles. The van der Waals surface area contributed by atoms with Crippen molar-refractivity contribution in [3.63, 3.8) is 0 Å². The molecule has 6 heavy (non-hydrogen) atoms. The van der Waals surface area contributed by atoms with Crippen molar-refractivity contribution >= 4 is 28.8 Å². The minimum atomic E-state index is 0.502. The lowest BCUT2D eigenvalue weighted by Gasteiger charge is -1.84. The third-order valence-corrected chi connectivity index (χ3v) is 1.21. The lowest BCUT2D eigenvalue weighted by atomic mass is 10.5. The van der Waals surface area contributed by atoms with Crippen molar-refractivity contribution in [2.75, 3.05) is 6.61 Å². The van der Waals surface area contributed by atoms with E-state index < -0.39 is 0 Å². The third-order valence-electron chi connectivity index (χ3n) is 0.531. The van der Waals surface area contributed by atoms with Gasteiger partial charge in [-0.15, -0.1) is 0 Å². The van der Waals surface area contributed by atoms with Gasteiger partial charge in [0.25, 0.3) is 0 Å².